The molecule has 1 heterocycles. The van der Waals surface area contributed by atoms with E-state index in [-0.39, 0.29) is 5.54 Å². The van der Waals surface area contributed by atoms with E-state index in [9.17, 15) is 0 Å². The molecular formula is C8H15N. The largest absolute Gasteiger partial charge is 0.304 e. The van der Waals surface area contributed by atoms with Gasteiger partial charge in [-0.05, 0) is 27.7 Å². The quantitative estimate of drug-likeness (QED) is 0.486. The van der Waals surface area contributed by atoms with Crippen LogP contribution >= 0.6 is 0 Å². The number of hydrogen-bond acceptors (Lipinski definition) is 1. The first-order chi connectivity index (χ1) is 4.04. The monoisotopic (exact) mass is 125 g/mol. The minimum atomic E-state index is 0.254. The Morgan fingerprint density at radius 3 is 2.00 bits per heavy atom. The molecule has 0 bridgehead atoms. The third kappa shape index (κ3) is 1.01. The SMILES string of the molecule is CC1=C(C)C(C)(C)NC1. The molecular weight excluding hydrogens is 110 g/mol. The van der Waals surface area contributed by atoms with Gasteiger partial charge in [-0.1, -0.05) is 11.1 Å². The van der Waals surface area contributed by atoms with Gasteiger partial charge in [0.2, 0.25) is 0 Å². The van der Waals surface area contributed by atoms with Crippen molar-refractivity contribution >= 4 is 0 Å². The molecule has 0 unspecified atom stereocenters. The maximum atomic E-state index is 3.42. The van der Waals surface area contributed by atoms with Gasteiger partial charge in [0.25, 0.3) is 0 Å². The average molecular weight is 125 g/mol. The predicted molar refractivity (Wildman–Crippen MR) is 40.5 cm³/mol. The van der Waals surface area contributed by atoms with Crippen LogP contribution in [0, 0.1) is 0 Å². The third-order valence-corrected chi connectivity index (χ3v) is 2.37. The lowest BCUT2D eigenvalue weighted by molar-refractivity contribution is 0.508. The van der Waals surface area contributed by atoms with E-state index in [0.717, 1.165) is 6.54 Å². The number of rotatable bonds is 0. The molecule has 0 aromatic heterocycles. The molecule has 1 nitrogen and oxygen atoms in total. The summed E-state index contributed by atoms with van der Waals surface area (Å²) in [5.41, 5.74) is 3.26. The fourth-order valence-electron chi connectivity index (χ4n) is 1.15. The molecule has 1 N–H and O–H groups in total. The van der Waals surface area contributed by atoms with Gasteiger partial charge in [0.05, 0.1) is 0 Å². The highest BCUT2D eigenvalue weighted by atomic mass is 15.0. The first kappa shape index (κ1) is 6.81. The second kappa shape index (κ2) is 1.84. The van der Waals surface area contributed by atoms with Crippen molar-refractivity contribution in [1.82, 2.24) is 5.32 Å². The van der Waals surface area contributed by atoms with Gasteiger partial charge in [0, 0.05) is 12.1 Å². The van der Waals surface area contributed by atoms with Crippen LogP contribution in [0.15, 0.2) is 11.1 Å². The molecule has 0 radical (unpaired) electrons. The molecule has 0 aliphatic carbocycles. The molecule has 52 valence electrons. The van der Waals surface area contributed by atoms with Crippen molar-refractivity contribution in [2.75, 3.05) is 6.54 Å². The zero-order valence-corrected chi connectivity index (χ0v) is 6.71. The van der Waals surface area contributed by atoms with Crippen molar-refractivity contribution in [3.63, 3.8) is 0 Å². The maximum absolute atomic E-state index is 3.42. The highest BCUT2D eigenvalue weighted by Crippen LogP contribution is 2.24. The first-order valence-corrected chi connectivity index (χ1v) is 3.46. The van der Waals surface area contributed by atoms with Crippen LogP contribution in [0.2, 0.25) is 0 Å². The van der Waals surface area contributed by atoms with Gasteiger partial charge in [-0.15, -0.1) is 0 Å². The molecule has 0 aromatic carbocycles. The highest BCUT2D eigenvalue weighted by molar-refractivity contribution is 5.28. The molecule has 1 heteroatoms. The van der Waals surface area contributed by atoms with Gasteiger partial charge in [0.1, 0.15) is 0 Å². The van der Waals surface area contributed by atoms with E-state index in [0.29, 0.717) is 0 Å². The zero-order valence-electron chi connectivity index (χ0n) is 6.71. The average Bonchev–Trinajstić information content (AvgIpc) is 1.97. The van der Waals surface area contributed by atoms with Crippen LogP contribution in [0.3, 0.4) is 0 Å². The highest BCUT2D eigenvalue weighted by Gasteiger charge is 2.25. The Kier molecular flexibility index (Phi) is 1.39. The van der Waals surface area contributed by atoms with Gasteiger partial charge < -0.3 is 5.32 Å². The van der Waals surface area contributed by atoms with Crippen molar-refractivity contribution in [2.45, 2.75) is 33.2 Å². The Bertz CT molecular complexity index is 154. The normalized spacial score (nSPS) is 25.3. The second-order valence-electron chi connectivity index (χ2n) is 3.38. The minimum Gasteiger partial charge on any atom is -0.304 e. The van der Waals surface area contributed by atoms with E-state index >= 15 is 0 Å². The topological polar surface area (TPSA) is 12.0 Å². The molecule has 0 saturated heterocycles. The van der Waals surface area contributed by atoms with E-state index in [1.807, 2.05) is 0 Å². The molecule has 0 aromatic rings. The second-order valence-corrected chi connectivity index (χ2v) is 3.38. The van der Waals surface area contributed by atoms with Crippen molar-refractivity contribution in [3.05, 3.63) is 11.1 Å². The summed E-state index contributed by atoms with van der Waals surface area (Å²) in [5.74, 6) is 0. The van der Waals surface area contributed by atoms with Crippen LogP contribution in [0.25, 0.3) is 0 Å². The van der Waals surface area contributed by atoms with Crippen molar-refractivity contribution in [1.29, 1.82) is 0 Å². The van der Waals surface area contributed by atoms with Crippen LogP contribution in [-0.2, 0) is 0 Å². The van der Waals surface area contributed by atoms with Crippen molar-refractivity contribution in [3.8, 4) is 0 Å². The lowest BCUT2D eigenvalue weighted by Crippen LogP contribution is -2.34. The van der Waals surface area contributed by atoms with Crippen LogP contribution in [-0.4, -0.2) is 12.1 Å². The maximum Gasteiger partial charge on any atom is 0.0339 e. The Morgan fingerprint density at radius 1 is 1.33 bits per heavy atom. The Labute approximate surface area is 57.1 Å². The Morgan fingerprint density at radius 2 is 1.89 bits per heavy atom. The molecule has 0 atom stereocenters. The predicted octanol–water partition coefficient (Wildman–Crippen LogP) is 1.70. The fraction of sp³-hybridized carbons (Fsp3) is 0.750. The smallest absolute Gasteiger partial charge is 0.0339 e. The molecule has 0 spiro atoms. The number of hydrogen-bond donors (Lipinski definition) is 1. The summed E-state index contributed by atoms with van der Waals surface area (Å²) in [6.45, 7) is 9.91. The lowest BCUT2D eigenvalue weighted by atomic mass is 9.97. The standard InChI is InChI=1S/C8H15N/c1-6-5-9-8(3,4)7(6)2/h9H,5H2,1-4H3. The molecule has 0 amide bonds. The Hall–Kier alpha value is -0.300. The summed E-state index contributed by atoms with van der Waals surface area (Å²) in [7, 11) is 0. The van der Waals surface area contributed by atoms with Crippen molar-refractivity contribution < 1.29 is 0 Å². The lowest BCUT2D eigenvalue weighted by Gasteiger charge is -2.20. The molecule has 1 aliphatic heterocycles. The fourth-order valence-corrected chi connectivity index (χ4v) is 1.15. The van der Waals surface area contributed by atoms with E-state index in [4.69, 9.17) is 0 Å². The van der Waals surface area contributed by atoms with Crippen molar-refractivity contribution in [2.24, 2.45) is 0 Å². The summed E-state index contributed by atoms with van der Waals surface area (Å²) < 4.78 is 0. The number of nitrogens with one attached hydrogen (secondary N) is 1. The van der Waals surface area contributed by atoms with Crippen LogP contribution < -0.4 is 5.32 Å². The summed E-state index contributed by atoms with van der Waals surface area (Å²) in [5, 5.41) is 3.42. The summed E-state index contributed by atoms with van der Waals surface area (Å²) in [6.07, 6.45) is 0. The zero-order chi connectivity index (χ0) is 7.07. The summed E-state index contributed by atoms with van der Waals surface area (Å²) >= 11 is 0. The van der Waals surface area contributed by atoms with Crippen LogP contribution in [0.1, 0.15) is 27.7 Å². The van der Waals surface area contributed by atoms with Gasteiger partial charge in [-0.2, -0.15) is 0 Å². The van der Waals surface area contributed by atoms with E-state index in [1.54, 1.807) is 0 Å². The van der Waals surface area contributed by atoms with Crippen LogP contribution in [0.5, 0.6) is 0 Å². The summed E-state index contributed by atoms with van der Waals surface area (Å²) in [4.78, 5) is 0. The Balaban J connectivity index is 2.88. The van der Waals surface area contributed by atoms with E-state index in [2.05, 4.69) is 33.0 Å². The van der Waals surface area contributed by atoms with E-state index < -0.39 is 0 Å². The van der Waals surface area contributed by atoms with E-state index in [1.165, 1.54) is 11.1 Å². The molecule has 1 rings (SSSR count). The van der Waals surface area contributed by atoms with Gasteiger partial charge in [-0.25, -0.2) is 0 Å². The van der Waals surface area contributed by atoms with Crippen LogP contribution in [0.4, 0.5) is 0 Å². The van der Waals surface area contributed by atoms with Gasteiger partial charge in [-0.3, -0.25) is 0 Å². The third-order valence-electron chi connectivity index (χ3n) is 2.37. The molecule has 1 aliphatic rings. The molecule has 9 heavy (non-hydrogen) atoms. The molecule has 0 saturated carbocycles. The molecule has 0 fully saturated rings. The van der Waals surface area contributed by atoms with Gasteiger partial charge in [0.15, 0.2) is 0 Å². The summed E-state index contributed by atoms with van der Waals surface area (Å²) in [6, 6.07) is 0. The first-order valence-electron chi connectivity index (χ1n) is 3.46. The minimum absolute atomic E-state index is 0.254. The van der Waals surface area contributed by atoms with Gasteiger partial charge >= 0.3 is 0 Å².